The summed E-state index contributed by atoms with van der Waals surface area (Å²) in [5.41, 5.74) is 2.11. The number of thiocarbonyl (C=S) groups is 1. The summed E-state index contributed by atoms with van der Waals surface area (Å²) in [5.74, 6) is 1.57. The largest absolute Gasteiger partial charge is 0.493 e. The first-order chi connectivity index (χ1) is 15.2. The van der Waals surface area contributed by atoms with Gasteiger partial charge in [0.25, 0.3) is 5.91 Å². The highest BCUT2D eigenvalue weighted by Crippen LogP contribution is 2.38. The van der Waals surface area contributed by atoms with E-state index in [1.165, 1.54) is 17.3 Å². The van der Waals surface area contributed by atoms with Crippen LogP contribution in [0, 0.1) is 0 Å². The van der Waals surface area contributed by atoms with Crippen LogP contribution < -0.4 is 19.5 Å². The van der Waals surface area contributed by atoms with Gasteiger partial charge in [-0.3, -0.25) is 4.79 Å². The van der Waals surface area contributed by atoms with E-state index in [-0.39, 0.29) is 11.3 Å². The van der Waals surface area contributed by atoms with Crippen molar-refractivity contribution in [2.45, 2.75) is 32.6 Å². The number of hydrogen-bond acceptors (Lipinski definition) is 6. The van der Waals surface area contributed by atoms with Crippen molar-refractivity contribution in [1.29, 1.82) is 0 Å². The number of ether oxygens (including phenoxy) is 3. The van der Waals surface area contributed by atoms with Gasteiger partial charge >= 0.3 is 0 Å². The Morgan fingerprint density at radius 1 is 1.12 bits per heavy atom. The average Bonchev–Trinajstić information content (AvgIpc) is 3.05. The van der Waals surface area contributed by atoms with Crippen molar-refractivity contribution in [1.82, 2.24) is 5.32 Å². The highest BCUT2D eigenvalue weighted by Gasteiger charge is 2.22. The molecule has 1 amide bonds. The van der Waals surface area contributed by atoms with Crippen LogP contribution in [0.1, 0.15) is 38.3 Å². The molecule has 0 aromatic heterocycles. The third kappa shape index (κ3) is 6.40. The molecule has 0 bridgehead atoms. The van der Waals surface area contributed by atoms with E-state index < -0.39 is 0 Å². The Hall–Kier alpha value is -2.22. The van der Waals surface area contributed by atoms with Gasteiger partial charge in [0.15, 0.2) is 11.5 Å². The first-order valence-electron chi connectivity index (χ1n) is 10.2. The Balaban J connectivity index is 1.55. The second-order valence-corrected chi connectivity index (χ2v) is 10.3. The molecular weight excluding hydrogens is 466 g/mol. The summed E-state index contributed by atoms with van der Waals surface area (Å²) in [7, 11) is 1.55. The van der Waals surface area contributed by atoms with Crippen molar-refractivity contribution in [3.05, 3.63) is 57.5 Å². The molecule has 0 aliphatic carbocycles. The van der Waals surface area contributed by atoms with E-state index in [1.54, 1.807) is 25.3 Å². The van der Waals surface area contributed by atoms with Crippen LogP contribution in [-0.4, -0.2) is 30.6 Å². The number of nitrogens with one attached hydrogen (secondary N) is 1. The van der Waals surface area contributed by atoms with Crippen LogP contribution in [0.25, 0.3) is 6.08 Å². The van der Waals surface area contributed by atoms with Crippen LogP contribution in [0.5, 0.6) is 17.2 Å². The molecule has 1 heterocycles. The highest BCUT2D eigenvalue weighted by atomic mass is 35.5. The lowest BCUT2D eigenvalue weighted by Crippen LogP contribution is -2.17. The maximum atomic E-state index is 11.9. The van der Waals surface area contributed by atoms with Gasteiger partial charge in [-0.05, 0) is 46.9 Å². The summed E-state index contributed by atoms with van der Waals surface area (Å²) < 4.78 is 17.5. The zero-order chi connectivity index (χ0) is 23.3. The van der Waals surface area contributed by atoms with E-state index in [4.69, 9.17) is 38.0 Å². The van der Waals surface area contributed by atoms with E-state index in [1.807, 2.05) is 12.1 Å². The molecule has 3 rings (SSSR count). The molecule has 0 spiro atoms. The van der Waals surface area contributed by atoms with E-state index >= 15 is 0 Å². The summed E-state index contributed by atoms with van der Waals surface area (Å²) in [6.45, 7) is 7.49. The summed E-state index contributed by atoms with van der Waals surface area (Å²) >= 11 is 12.7. The minimum Gasteiger partial charge on any atom is -0.493 e. The number of benzene rings is 2. The molecule has 1 aliphatic rings. The number of hydrogen-bond donors (Lipinski definition) is 1. The normalized spacial score (nSPS) is 15.1. The Morgan fingerprint density at radius 3 is 2.41 bits per heavy atom. The Kier molecular flexibility index (Phi) is 8.09. The highest BCUT2D eigenvalue weighted by molar-refractivity contribution is 8.26. The maximum Gasteiger partial charge on any atom is 0.263 e. The fourth-order valence-corrected chi connectivity index (χ4v) is 4.33. The third-order valence-electron chi connectivity index (χ3n) is 4.72. The van der Waals surface area contributed by atoms with Crippen molar-refractivity contribution < 1.29 is 19.0 Å². The molecule has 170 valence electrons. The number of rotatable bonds is 8. The molecule has 0 radical (unpaired) electrons. The predicted octanol–water partition coefficient (Wildman–Crippen LogP) is 5.98. The smallest absolute Gasteiger partial charge is 0.263 e. The Morgan fingerprint density at radius 2 is 1.81 bits per heavy atom. The quantitative estimate of drug-likeness (QED) is 0.278. The van der Waals surface area contributed by atoms with Crippen LogP contribution in [-0.2, 0) is 10.2 Å². The first-order valence-corrected chi connectivity index (χ1v) is 11.8. The van der Waals surface area contributed by atoms with Gasteiger partial charge in [0.2, 0.25) is 0 Å². The topological polar surface area (TPSA) is 56.8 Å². The second-order valence-electron chi connectivity index (χ2n) is 8.21. The molecule has 1 saturated heterocycles. The molecule has 1 fully saturated rings. The molecule has 2 aromatic rings. The molecule has 32 heavy (non-hydrogen) atoms. The molecule has 0 saturated carbocycles. The van der Waals surface area contributed by atoms with Crippen molar-refractivity contribution in [3.8, 4) is 17.2 Å². The summed E-state index contributed by atoms with van der Waals surface area (Å²) in [5, 5.41) is 2.99. The van der Waals surface area contributed by atoms with Gasteiger partial charge in [-0.25, -0.2) is 0 Å². The van der Waals surface area contributed by atoms with Crippen LogP contribution in [0.3, 0.4) is 0 Å². The Labute approximate surface area is 203 Å². The molecule has 0 atom stereocenters. The molecule has 2 aromatic carbocycles. The van der Waals surface area contributed by atoms with E-state index in [0.717, 1.165) is 11.3 Å². The Bertz CT molecular complexity index is 1030. The maximum absolute atomic E-state index is 11.9. The van der Waals surface area contributed by atoms with Crippen LogP contribution in [0.4, 0.5) is 0 Å². The lowest BCUT2D eigenvalue weighted by atomic mass is 9.87. The van der Waals surface area contributed by atoms with Gasteiger partial charge < -0.3 is 19.5 Å². The minimum atomic E-state index is -0.219. The summed E-state index contributed by atoms with van der Waals surface area (Å²) in [6.07, 6.45) is 2.40. The predicted molar refractivity (Wildman–Crippen MR) is 135 cm³/mol. The van der Waals surface area contributed by atoms with Crippen LogP contribution >= 0.6 is 35.6 Å². The van der Waals surface area contributed by atoms with Crippen molar-refractivity contribution >= 4 is 51.9 Å². The zero-order valence-corrected chi connectivity index (χ0v) is 20.9. The lowest BCUT2D eigenvalue weighted by Gasteiger charge is -2.19. The molecule has 1 N–H and O–H groups in total. The fraction of sp³-hybridized carbons (Fsp3) is 0.333. The number of methoxy groups -OCH3 is 1. The zero-order valence-electron chi connectivity index (χ0n) is 18.5. The number of amides is 1. The average molecular weight is 492 g/mol. The van der Waals surface area contributed by atoms with Crippen LogP contribution in [0.2, 0.25) is 5.02 Å². The van der Waals surface area contributed by atoms with Gasteiger partial charge in [-0.2, -0.15) is 0 Å². The SMILES string of the molecule is COc1cc(/C=C2\SC(=S)NC2=O)cc(Cl)c1OCCCOc1ccc(C(C)(C)C)cc1. The van der Waals surface area contributed by atoms with E-state index in [2.05, 4.69) is 38.2 Å². The first kappa shape index (κ1) is 24.4. The summed E-state index contributed by atoms with van der Waals surface area (Å²) in [6, 6.07) is 11.7. The van der Waals surface area contributed by atoms with Crippen molar-refractivity contribution in [3.63, 3.8) is 0 Å². The van der Waals surface area contributed by atoms with Gasteiger partial charge in [0.1, 0.15) is 10.1 Å². The standard InChI is InChI=1S/C24H26ClNO4S2/c1-24(2,3)16-6-8-17(9-7-16)29-10-5-11-30-21-18(25)12-15(13-19(21)28-4)14-20-22(27)26-23(31)32-20/h6-9,12-14H,5,10-11H2,1-4H3,(H,26,27,31)/b20-14-. The van der Waals surface area contributed by atoms with Gasteiger partial charge in [0.05, 0.1) is 30.3 Å². The monoisotopic (exact) mass is 491 g/mol. The molecule has 0 unspecified atom stereocenters. The molecule has 1 aliphatic heterocycles. The molecule has 5 nitrogen and oxygen atoms in total. The van der Waals surface area contributed by atoms with Gasteiger partial charge in [0, 0.05) is 6.42 Å². The van der Waals surface area contributed by atoms with Crippen molar-refractivity contribution in [2.24, 2.45) is 0 Å². The minimum absolute atomic E-state index is 0.117. The number of carbonyl (C=O) groups is 1. The fourth-order valence-electron chi connectivity index (χ4n) is 3.01. The number of halogens is 1. The van der Waals surface area contributed by atoms with E-state index in [0.29, 0.717) is 45.4 Å². The van der Waals surface area contributed by atoms with Gasteiger partial charge in [-0.1, -0.05) is 68.5 Å². The number of carbonyl (C=O) groups excluding carboxylic acids is 1. The van der Waals surface area contributed by atoms with Gasteiger partial charge in [-0.15, -0.1) is 0 Å². The molecule has 8 heteroatoms. The summed E-state index contributed by atoms with van der Waals surface area (Å²) in [4.78, 5) is 12.4. The lowest BCUT2D eigenvalue weighted by molar-refractivity contribution is -0.115. The third-order valence-corrected chi connectivity index (χ3v) is 6.16. The molecular formula is C24H26ClNO4S2. The number of thioether (sulfide) groups is 1. The van der Waals surface area contributed by atoms with E-state index in [9.17, 15) is 4.79 Å². The van der Waals surface area contributed by atoms with Crippen molar-refractivity contribution in [2.75, 3.05) is 20.3 Å². The second kappa shape index (κ2) is 10.6. The van der Waals surface area contributed by atoms with Crippen LogP contribution in [0.15, 0.2) is 41.3 Å².